The monoisotopic (exact) mass is 396 g/mol. The smallest absolute Gasteiger partial charge is 0.271 e. The van der Waals surface area contributed by atoms with Gasteiger partial charge in [0, 0.05) is 27.3 Å². The van der Waals surface area contributed by atoms with Gasteiger partial charge in [0.1, 0.15) is 5.69 Å². The third-order valence-corrected chi connectivity index (χ3v) is 7.06. The molecule has 1 aromatic rings. The lowest BCUT2D eigenvalue weighted by molar-refractivity contribution is 0.126. The number of rotatable bonds is 12. The van der Waals surface area contributed by atoms with Crippen LogP contribution in [0.15, 0.2) is 9.59 Å². The number of hydrogen-bond donors (Lipinski definition) is 2. The molecule has 2 rings (SSSR count). The molecule has 1 atom stereocenters. The quantitative estimate of drug-likeness (QED) is 0.245. The Morgan fingerprint density at radius 2 is 1.81 bits per heavy atom. The highest BCUT2D eigenvalue weighted by atomic mass is 28.3. The highest BCUT2D eigenvalue weighted by Crippen LogP contribution is 2.28. The number of methoxy groups -OCH3 is 1. The Labute approximate surface area is 163 Å². The van der Waals surface area contributed by atoms with Gasteiger partial charge in [-0.3, -0.25) is 14.9 Å². The Hall–Kier alpha value is -1.18. The van der Waals surface area contributed by atoms with Crippen molar-refractivity contribution in [2.24, 2.45) is 5.92 Å². The third kappa shape index (κ3) is 7.05. The van der Waals surface area contributed by atoms with E-state index in [4.69, 9.17) is 9.47 Å². The summed E-state index contributed by atoms with van der Waals surface area (Å²) in [5, 5.41) is 6.62. The number of ether oxygens (including phenoxy) is 2. The Morgan fingerprint density at radius 1 is 1.11 bits per heavy atom. The molecule has 0 unspecified atom stereocenters. The summed E-state index contributed by atoms with van der Waals surface area (Å²) in [5.74, 6) is 0.836. The van der Waals surface area contributed by atoms with Crippen LogP contribution in [0.25, 0.3) is 0 Å². The fourth-order valence-electron chi connectivity index (χ4n) is 3.68. The second-order valence-electron chi connectivity index (χ2n) is 8.96. The van der Waals surface area contributed by atoms with Gasteiger partial charge < -0.3 is 14.8 Å². The van der Waals surface area contributed by atoms with Gasteiger partial charge in [-0.05, 0) is 18.4 Å². The molecular weight excluding hydrogens is 360 g/mol. The molecule has 0 amide bonds. The average Bonchev–Trinajstić information content (AvgIpc) is 2.63. The molecule has 0 aromatic heterocycles. The fourth-order valence-corrected chi connectivity index (χ4v) is 4.43. The van der Waals surface area contributed by atoms with Crippen molar-refractivity contribution >= 4 is 13.8 Å². The van der Waals surface area contributed by atoms with E-state index in [9.17, 15) is 9.59 Å². The standard InChI is InChI=1S/C20H36N2O4Si/c1-25-20-17(18(23)19(20)24)22-16(12-15-8-6-5-7-9-15)13-21-14-26-10-11-27(2,3)4/h15-16,21-22H,5-14H2,1-4H3/t16-/m0/s1. The van der Waals surface area contributed by atoms with Gasteiger partial charge in [0.05, 0.1) is 13.8 Å². The summed E-state index contributed by atoms with van der Waals surface area (Å²) in [7, 11) is 0.364. The minimum atomic E-state index is -1.07. The lowest BCUT2D eigenvalue weighted by atomic mass is 9.84. The summed E-state index contributed by atoms with van der Waals surface area (Å²) in [6, 6.07) is 1.24. The Morgan fingerprint density at radius 3 is 2.44 bits per heavy atom. The van der Waals surface area contributed by atoms with Crippen molar-refractivity contribution in [2.75, 3.05) is 32.3 Å². The van der Waals surface area contributed by atoms with Crippen LogP contribution in [-0.2, 0) is 4.74 Å². The van der Waals surface area contributed by atoms with Gasteiger partial charge in [-0.25, -0.2) is 0 Å². The van der Waals surface area contributed by atoms with Crippen LogP contribution in [0, 0.1) is 5.92 Å². The summed E-state index contributed by atoms with van der Waals surface area (Å²) >= 11 is 0. The van der Waals surface area contributed by atoms with Crippen LogP contribution < -0.4 is 26.2 Å². The van der Waals surface area contributed by atoms with Gasteiger partial charge in [0.25, 0.3) is 10.9 Å². The molecule has 1 fully saturated rings. The average molecular weight is 397 g/mol. The van der Waals surface area contributed by atoms with E-state index >= 15 is 0 Å². The molecule has 2 N–H and O–H groups in total. The highest BCUT2D eigenvalue weighted by molar-refractivity contribution is 6.76. The molecule has 0 aliphatic heterocycles. The summed E-state index contributed by atoms with van der Waals surface area (Å²) < 4.78 is 10.8. The van der Waals surface area contributed by atoms with Crippen molar-refractivity contribution in [3.8, 4) is 5.75 Å². The summed E-state index contributed by atoms with van der Waals surface area (Å²) in [4.78, 5) is 23.5. The van der Waals surface area contributed by atoms with E-state index in [1.807, 2.05) is 0 Å². The minimum Gasteiger partial charge on any atom is -0.491 e. The second-order valence-corrected chi connectivity index (χ2v) is 14.6. The molecule has 1 aliphatic carbocycles. The number of anilines is 1. The minimum absolute atomic E-state index is 0.0888. The van der Waals surface area contributed by atoms with E-state index < -0.39 is 18.9 Å². The van der Waals surface area contributed by atoms with Crippen LogP contribution in [0.1, 0.15) is 38.5 Å². The Kier molecular flexibility index (Phi) is 8.50. The van der Waals surface area contributed by atoms with Crippen LogP contribution in [0.4, 0.5) is 5.69 Å². The number of nitrogens with one attached hydrogen (secondary N) is 2. The van der Waals surface area contributed by atoms with E-state index in [0.717, 1.165) is 19.1 Å². The zero-order chi connectivity index (χ0) is 19.9. The van der Waals surface area contributed by atoms with Crippen molar-refractivity contribution in [3.05, 3.63) is 20.4 Å². The van der Waals surface area contributed by atoms with Crippen LogP contribution in [0.2, 0.25) is 25.7 Å². The predicted octanol–water partition coefficient (Wildman–Crippen LogP) is 2.94. The first-order valence-electron chi connectivity index (χ1n) is 10.2. The third-order valence-electron chi connectivity index (χ3n) is 5.35. The van der Waals surface area contributed by atoms with Gasteiger partial charge in [-0.1, -0.05) is 51.7 Å². The van der Waals surface area contributed by atoms with Gasteiger partial charge in [-0.15, -0.1) is 0 Å². The molecule has 0 bridgehead atoms. The Balaban J connectivity index is 1.84. The van der Waals surface area contributed by atoms with E-state index in [1.165, 1.54) is 39.2 Å². The molecule has 27 heavy (non-hydrogen) atoms. The molecule has 0 radical (unpaired) electrons. The van der Waals surface area contributed by atoms with E-state index in [2.05, 4.69) is 30.3 Å². The van der Waals surface area contributed by atoms with E-state index in [1.54, 1.807) is 0 Å². The fraction of sp³-hybridized carbons (Fsp3) is 0.800. The zero-order valence-corrected chi connectivity index (χ0v) is 18.4. The number of hydrogen-bond acceptors (Lipinski definition) is 6. The van der Waals surface area contributed by atoms with E-state index in [0.29, 0.717) is 24.9 Å². The van der Waals surface area contributed by atoms with Crippen LogP contribution in [0.5, 0.6) is 5.75 Å². The van der Waals surface area contributed by atoms with Gasteiger partial charge in [0.15, 0.2) is 5.75 Å². The second kappa shape index (κ2) is 10.4. The van der Waals surface area contributed by atoms with Crippen LogP contribution in [0.3, 0.4) is 0 Å². The first-order chi connectivity index (χ1) is 12.8. The molecule has 1 aromatic carbocycles. The van der Waals surface area contributed by atoms with Crippen molar-refractivity contribution in [2.45, 2.75) is 70.3 Å². The molecular formula is C20H36N2O4Si. The first kappa shape index (κ1) is 22.1. The van der Waals surface area contributed by atoms with Crippen molar-refractivity contribution in [1.29, 1.82) is 0 Å². The summed E-state index contributed by atoms with van der Waals surface area (Å²) in [5.41, 5.74) is -0.657. The zero-order valence-electron chi connectivity index (χ0n) is 17.4. The van der Waals surface area contributed by atoms with Crippen molar-refractivity contribution < 1.29 is 9.47 Å². The van der Waals surface area contributed by atoms with Gasteiger partial charge >= 0.3 is 0 Å². The molecule has 0 saturated heterocycles. The van der Waals surface area contributed by atoms with Crippen molar-refractivity contribution in [1.82, 2.24) is 5.32 Å². The first-order valence-corrected chi connectivity index (χ1v) is 13.9. The summed E-state index contributed by atoms with van der Waals surface area (Å²) in [6.45, 7) is 9.01. The lowest BCUT2D eigenvalue weighted by Crippen LogP contribution is -2.42. The van der Waals surface area contributed by atoms with Gasteiger partial charge in [0.2, 0.25) is 0 Å². The predicted molar refractivity (Wildman–Crippen MR) is 113 cm³/mol. The maximum absolute atomic E-state index is 11.9. The Bertz CT molecular complexity index is 643. The topological polar surface area (TPSA) is 76.7 Å². The molecule has 7 heteroatoms. The molecule has 0 spiro atoms. The normalized spacial score (nSPS) is 17.2. The lowest BCUT2D eigenvalue weighted by Gasteiger charge is -2.28. The SMILES string of the molecule is COc1c(N[C@H](CNCOCC[Si](C)(C)C)CC2CCCCC2)c(=O)c1=O. The van der Waals surface area contributed by atoms with Crippen LogP contribution in [-0.4, -0.2) is 41.1 Å². The molecule has 154 valence electrons. The summed E-state index contributed by atoms with van der Waals surface area (Å²) in [6.07, 6.45) is 7.37. The van der Waals surface area contributed by atoms with Crippen molar-refractivity contribution in [3.63, 3.8) is 0 Å². The van der Waals surface area contributed by atoms with E-state index in [-0.39, 0.29) is 11.8 Å². The van der Waals surface area contributed by atoms with Crippen LogP contribution >= 0.6 is 0 Å². The molecule has 1 saturated carbocycles. The maximum atomic E-state index is 11.9. The highest BCUT2D eigenvalue weighted by Gasteiger charge is 2.26. The van der Waals surface area contributed by atoms with Gasteiger partial charge in [-0.2, -0.15) is 0 Å². The molecule has 0 heterocycles. The molecule has 1 aliphatic rings. The largest absolute Gasteiger partial charge is 0.491 e. The molecule has 6 nitrogen and oxygen atoms in total. The maximum Gasteiger partial charge on any atom is 0.271 e.